The lowest BCUT2D eigenvalue weighted by atomic mass is 9.78. The number of hydrogen-bond acceptors (Lipinski definition) is 2. The molecule has 0 saturated heterocycles. The van der Waals surface area contributed by atoms with Crippen LogP contribution >= 0.6 is 11.6 Å². The van der Waals surface area contributed by atoms with Crippen LogP contribution in [0.25, 0.3) is 28.6 Å². The van der Waals surface area contributed by atoms with Crippen LogP contribution < -0.4 is 0 Å². The summed E-state index contributed by atoms with van der Waals surface area (Å²) >= 11 is 6.70. The third-order valence-corrected chi connectivity index (χ3v) is 5.86. The van der Waals surface area contributed by atoms with Gasteiger partial charge in [-0.15, -0.1) is 0 Å². The van der Waals surface area contributed by atoms with Crippen molar-refractivity contribution in [1.82, 2.24) is 9.97 Å². The van der Waals surface area contributed by atoms with Crippen molar-refractivity contribution >= 4 is 17.7 Å². The summed E-state index contributed by atoms with van der Waals surface area (Å²) in [6, 6.07) is 14.5. The zero-order chi connectivity index (χ0) is 17.9. The van der Waals surface area contributed by atoms with E-state index in [1.54, 1.807) is 0 Å². The van der Waals surface area contributed by atoms with Gasteiger partial charge < -0.3 is 0 Å². The number of aromatic nitrogens is 2. The molecule has 0 fully saturated rings. The molecular weight excluding hydrogens is 340 g/mol. The molecule has 0 aliphatic heterocycles. The van der Waals surface area contributed by atoms with E-state index in [2.05, 4.69) is 43.1 Å². The maximum Gasteiger partial charge on any atom is 0.161 e. The number of fused-ring (bicyclic) bond motifs is 5. The Morgan fingerprint density at radius 3 is 2.62 bits per heavy atom. The first kappa shape index (κ1) is 15.8. The van der Waals surface area contributed by atoms with Gasteiger partial charge in [0.1, 0.15) is 5.15 Å². The summed E-state index contributed by atoms with van der Waals surface area (Å²) in [6.45, 7) is 4.52. The smallest absolute Gasteiger partial charge is 0.161 e. The second-order valence-electron chi connectivity index (χ2n) is 7.55. The lowest BCUT2D eigenvalue weighted by Crippen LogP contribution is -2.20. The molecule has 26 heavy (non-hydrogen) atoms. The van der Waals surface area contributed by atoms with Gasteiger partial charge >= 0.3 is 0 Å². The van der Waals surface area contributed by atoms with E-state index in [4.69, 9.17) is 16.6 Å². The molecule has 5 rings (SSSR count). The maximum atomic E-state index is 6.70. The van der Waals surface area contributed by atoms with Gasteiger partial charge in [-0.25, -0.2) is 9.97 Å². The van der Waals surface area contributed by atoms with Crippen LogP contribution in [0.3, 0.4) is 0 Å². The van der Waals surface area contributed by atoms with E-state index < -0.39 is 0 Å². The molecule has 0 radical (unpaired) electrons. The first-order chi connectivity index (χ1) is 12.6. The van der Waals surface area contributed by atoms with Gasteiger partial charge in [0.25, 0.3) is 0 Å². The van der Waals surface area contributed by atoms with Crippen molar-refractivity contribution < 1.29 is 0 Å². The van der Waals surface area contributed by atoms with Crippen molar-refractivity contribution in [3.63, 3.8) is 0 Å². The van der Waals surface area contributed by atoms with Crippen molar-refractivity contribution in [1.29, 1.82) is 0 Å². The molecule has 0 bridgehead atoms. The van der Waals surface area contributed by atoms with Crippen LogP contribution in [0.4, 0.5) is 0 Å². The minimum atomic E-state index is -0.183. The Labute approximate surface area is 158 Å². The summed E-state index contributed by atoms with van der Waals surface area (Å²) in [7, 11) is 0. The number of halogens is 1. The first-order valence-corrected chi connectivity index (χ1v) is 9.42. The summed E-state index contributed by atoms with van der Waals surface area (Å²) in [6.07, 6.45) is 6.65. The van der Waals surface area contributed by atoms with Crippen LogP contribution in [0, 0.1) is 0 Å². The van der Waals surface area contributed by atoms with E-state index in [1.807, 2.05) is 30.3 Å². The van der Waals surface area contributed by atoms with Crippen LogP contribution in [-0.2, 0) is 11.8 Å². The monoisotopic (exact) mass is 358 g/mol. The summed E-state index contributed by atoms with van der Waals surface area (Å²) in [4.78, 5) is 9.62. The van der Waals surface area contributed by atoms with E-state index in [0.717, 1.165) is 29.7 Å². The van der Waals surface area contributed by atoms with Crippen molar-refractivity contribution in [3.05, 3.63) is 76.1 Å². The number of hydrogen-bond donors (Lipinski definition) is 0. The minimum absolute atomic E-state index is 0.183. The molecule has 1 aromatic heterocycles. The third-order valence-electron chi connectivity index (χ3n) is 5.59. The van der Waals surface area contributed by atoms with Gasteiger partial charge in [0.15, 0.2) is 5.82 Å². The molecule has 2 aliphatic rings. The zero-order valence-corrected chi connectivity index (χ0v) is 15.6. The summed E-state index contributed by atoms with van der Waals surface area (Å²) < 4.78 is 0. The molecule has 3 aromatic rings. The number of allylic oxidation sites excluding steroid dienone is 1. The Hall–Kier alpha value is -2.45. The van der Waals surface area contributed by atoms with E-state index >= 15 is 0 Å². The average Bonchev–Trinajstić information content (AvgIpc) is 2.90. The SMILES string of the molecule is CC1(C)c2nc(-c3ccccc3)nc(Cl)c2-c2ccc3c(c21)CCC=C3. The molecule has 128 valence electrons. The molecule has 1 heterocycles. The fourth-order valence-electron chi connectivity index (χ4n) is 4.41. The fraction of sp³-hybridized carbons (Fsp3) is 0.217. The number of rotatable bonds is 1. The predicted octanol–water partition coefficient (Wildman–Crippen LogP) is 6.06. The summed E-state index contributed by atoms with van der Waals surface area (Å²) in [5.74, 6) is 0.698. The highest BCUT2D eigenvalue weighted by Crippen LogP contribution is 2.52. The Kier molecular flexibility index (Phi) is 3.35. The maximum absolute atomic E-state index is 6.70. The molecule has 0 atom stereocenters. The molecule has 3 heteroatoms. The van der Waals surface area contributed by atoms with Crippen molar-refractivity contribution in [2.24, 2.45) is 0 Å². The molecule has 0 spiro atoms. The summed E-state index contributed by atoms with van der Waals surface area (Å²) in [5, 5.41) is 0.548. The predicted molar refractivity (Wildman–Crippen MR) is 107 cm³/mol. The van der Waals surface area contributed by atoms with Gasteiger partial charge in [0.2, 0.25) is 0 Å². The van der Waals surface area contributed by atoms with Gasteiger partial charge in [-0.2, -0.15) is 0 Å². The minimum Gasteiger partial charge on any atom is -0.231 e. The Morgan fingerprint density at radius 1 is 1.00 bits per heavy atom. The fourth-order valence-corrected chi connectivity index (χ4v) is 4.68. The molecule has 0 unspecified atom stereocenters. The van der Waals surface area contributed by atoms with E-state index in [1.165, 1.54) is 22.3 Å². The van der Waals surface area contributed by atoms with Crippen LogP contribution in [-0.4, -0.2) is 9.97 Å². The molecule has 2 aliphatic carbocycles. The van der Waals surface area contributed by atoms with E-state index in [-0.39, 0.29) is 5.41 Å². The number of benzene rings is 2. The third kappa shape index (κ3) is 2.12. The second kappa shape index (κ2) is 5.52. The van der Waals surface area contributed by atoms with Crippen LogP contribution in [0.5, 0.6) is 0 Å². The van der Waals surface area contributed by atoms with Crippen molar-refractivity contribution in [3.8, 4) is 22.5 Å². The Morgan fingerprint density at radius 2 is 1.81 bits per heavy atom. The zero-order valence-electron chi connectivity index (χ0n) is 14.9. The van der Waals surface area contributed by atoms with Gasteiger partial charge in [-0.05, 0) is 35.1 Å². The molecule has 2 nitrogen and oxygen atoms in total. The van der Waals surface area contributed by atoms with Gasteiger partial charge in [0, 0.05) is 16.5 Å². The standard InChI is InChI=1S/C23H19ClN2/c1-23(2)19-16-11-7-6-8-14(16)12-13-17(19)18-20(23)25-22(26-21(18)24)15-9-4-3-5-10-15/h3-6,8-10,12-13H,7,11H2,1-2H3. The highest BCUT2D eigenvalue weighted by atomic mass is 35.5. The molecule has 2 aromatic carbocycles. The van der Waals surface area contributed by atoms with Crippen LogP contribution in [0.1, 0.15) is 42.7 Å². The normalized spacial score (nSPS) is 16.1. The highest BCUT2D eigenvalue weighted by Gasteiger charge is 2.41. The van der Waals surface area contributed by atoms with Crippen LogP contribution in [0.15, 0.2) is 48.5 Å². The second-order valence-corrected chi connectivity index (χ2v) is 7.91. The van der Waals surface area contributed by atoms with Gasteiger partial charge in [0.05, 0.1) is 5.69 Å². The van der Waals surface area contributed by atoms with Crippen LogP contribution in [0.2, 0.25) is 5.15 Å². The number of nitrogens with zero attached hydrogens (tertiary/aromatic N) is 2. The largest absolute Gasteiger partial charge is 0.231 e. The lowest BCUT2D eigenvalue weighted by Gasteiger charge is -2.25. The topological polar surface area (TPSA) is 25.8 Å². The van der Waals surface area contributed by atoms with Crippen molar-refractivity contribution in [2.75, 3.05) is 0 Å². The van der Waals surface area contributed by atoms with Crippen molar-refractivity contribution in [2.45, 2.75) is 32.1 Å². The quantitative estimate of drug-likeness (QED) is 0.494. The molecular formula is C23H19ClN2. The average molecular weight is 359 g/mol. The van der Waals surface area contributed by atoms with Gasteiger partial charge in [-0.1, -0.05) is 80.1 Å². The Balaban J connectivity index is 1.79. The first-order valence-electron chi connectivity index (χ1n) is 9.04. The summed E-state index contributed by atoms with van der Waals surface area (Å²) in [5.41, 5.74) is 8.18. The van der Waals surface area contributed by atoms with E-state index in [0.29, 0.717) is 11.0 Å². The highest BCUT2D eigenvalue weighted by molar-refractivity contribution is 6.32. The van der Waals surface area contributed by atoms with E-state index in [9.17, 15) is 0 Å². The Bertz CT molecular complexity index is 1070. The lowest BCUT2D eigenvalue weighted by molar-refractivity contribution is 0.626. The molecule has 0 N–H and O–H groups in total. The molecule has 0 saturated carbocycles. The molecule has 0 amide bonds. The van der Waals surface area contributed by atoms with Gasteiger partial charge in [-0.3, -0.25) is 0 Å².